The summed E-state index contributed by atoms with van der Waals surface area (Å²) in [4.78, 5) is 18.1. The molecule has 3 nitrogen and oxygen atoms in total. The van der Waals surface area contributed by atoms with E-state index >= 15 is 0 Å². The summed E-state index contributed by atoms with van der Waals surface area (Å²) in [7, 11) is 0. The predicted molar refractivity (Wildman–Crippen MR) is 97.2 cm³/mol. The van der Waals surface area contributed by atoms with Crippen molar-refractivity contribution in [3.63, 3.8) is 0 Å². The number of aromatic nitrogens is 1. The van der Waals surface area contributed by atoms with Gasteiger partial charge in [-0.3, -0.25) is 4.79 Å². The van der Waals surface area contributed by atoms with Crippen LogP contribution in [0.4, 0.5) is 0 Å². The third-order valence-corrected chi connectivity index (χ3v) is 6.07. The third-order valence-electron chi connectivity index (χ3n) is 5.39. The van der Waals surface area contributed by atoms with Gasteiger partial charge >= 0.3 is 0 Å². The van der Waals surface area contributed by atoms with Crippen molar-refractivity contribution in [3.8, 4) is 0 Å². The van der Waals surface area contributed by atoms with Gasteiger partial charge in [0.15, 0.2) is 0 Å². The molecule has 0 saturated carbocycles. The number of amides is 1. The summed E-state index contributed by atoms with van der Waals surface area (Å²) in [5.41, 5.74) is 5.24. The van der Waals surface area contributed by atoms with Crippen molar-refractivity contribution >= 4 is 38.3 Å². The van der Waals surface area contributed by atoms with E-state index in [1.807, 2.05) is 4.90 Å². The molecule has 1 aromatic carbocycles. The molecule has 1 N–H and O–H groups in total. The Morgan fingerprint density at radius 2 is 2.13 bits per heavy atom. The lowest BCUT2D eigenvalue weighted by molar-refractivity contribution is -0.133. The molecule has 1 heterocycles. The Balaban J connectivity index is 1.76. The van der Waals surface area contributed by atoms with Gasteiger partial charge in [-0.25, -0.2) is 0 Å². The lowest BCUT2D eigenvalue weighted by Gasteiger charge is -2.24. The van der Waals surface area contributed by atoms with Crippen molar-refractivity contribution in [1.29, 1.82) is 0 Å². The largest absolute Gasteiger partial charge is 0.349 e. The van der Waals surface area contributed by atoms with Crippen molar-refractivity contribution in [2.45, 2.75) is 26.7 Å². The lowest BCUT2D eigenvalue weighted by Crippen LogP contribution is -2.34. The average Bonchev–Trinajstić information content (AvgIpc) is 3.12. The molecule has 2 atom stereocenters. The zero-order valence-corrected chi connectivity index (χ0v) is 15.1. The van der Waals surface area contributed by atoms with Crippen LogP contribution in [0.25, 0.3) is 16.5 Å². The molecule has 0 bridgehead atoms. The number of halogens is 1. The summed E-state index contributed by atoms with van der Waals surface area (Å²) in [5, 5.41) is 1.33. The highest BCUT2D eigenvalue weighted by molar-refractivity contribution is 9.10. The number of nitrogens with one attached hydrogen (secondary N) is 1. The molecule has 0 saturated heterocycles. The average molecular weight is 373 g/mol. The predicted octanol–water partition coefficient (Wildman–Crippen LogP) is 4.37. The van der Waals surface area contributed by atoms with E-state index in [1.165, 1.54) is 27.6 Å². The Labute approximate surface area is 144 Å². The van der Waals surface area contributed by atoms with E-state index < -0.39 is 0 Å². The molecule has 0 radical (unpaired) electrons. The van der Waals surface area contributed by atoms with Crippen LogP contribution in [-0.4, -0.2) is 28.9 Å². The van der Waals surface area contributed by atoms with E-state index in [9.17, 15) is 4.79 Å². The third kappa shape index (κ3) is 2.18. The molecule has 23 heavy (non-hydrogen) atoms. The highest BCUT2D eigenvalue weighted by Gasteiger charge is 2.37. The van der Waals surface area contributed by atoms with Crippen molar-refractivity contribution in [2.75, 3.05) is 13.1 Å². The molecule has 0 fully saturated rings. The molecular weight excluding hydrogens is 352 g/mol. The minimum atomic E-state index is 0.0388. The summed E-state index contributed by atoms with van der Waals surface area (Å²) in [5.74, 6) is 0.788. The van der Waals surface area contributed by atoms with Gasteiger partial charge in [0.2, 0.25) is 5.91 Å². The lowest BCUT2D eigenvalue weighted by atomic mass is 9.81. The maximum Gasteiger partial charge on any atom is 0.229 e. The van der Waals surface area contributed by atoms with E-state index in [0.29, 0.717) is 5.92 Å². The van der Waals surface area contributed by atoms with Crippen LogP contribution in [0.5, 0.6) is 0 Å². The van der Waals surface area contributed by atoms with Gasteiger partial charge in [0.1, 0.15) is 0 Å². The first-order valence-electron chi connectivity index (χ1n) is 8.44. The summed E-state index contributed by atoms with van der Waals surface area (Å²) in [6.07, 6.45) is 4.20. The van der Waals surface area contributed by atoms with E-state index in [1.54, 1.807) is 0 Å². The quantitative estimate of drug-likeness (QED) is 0.852. The Morgan fingerprint density at radius 1 is 1.35 bits per heavy atom. The van der Waals surface area contributed by atoms with Gasteiger partial charge in [0, 0.05) is 24.0 Å². The Bertz CT molecular complexity index is 816. The van der Waals surface area contributed by atoms with Crippen LogP contribution < -0.4 is 0 Å². The van der Waals surface area contributed by atoms with Crippen molar-refractivity contribution in [3.05, 3.63) is 40.0 Å². The maximum absolute atomic E-state index is 12.7. The highest BCUT2D eigenvalue weighted by atomic mass is 79.9. The number of rotatable bonds is 3. The fraction of sp³-hybridized carbons (Fsp3) is 0.421. The van der Waals surface area contributed by atoms with Gasteiger partial charge in [-0.05, 0) is 71.3 Å². The van der Waals surface area contributed by atoms with Crippen LogP contribution in [0.2, 0.25) is 0 Å². The van der Waals surface area contributed by atoms with E-state index in [-0.39, 0.29) is 11.8 Å². The summed E-state index contributed by atoms with van der Waals surface area (Å²) < 4.78 is 1.09. The number of benzene rings is 1. The second-order valence-electron chi connectivity index (χ2n) is 6.52. The fourth-order valence-electron chi connectivity index (χ4n) is 4.26. The molecule has 0 aliphatic heterocycles. The monoisotopic (exact) mass is 372 g/mol. The fourth-order valence-corrected chi connectivity index (χ4v) is 4.84. The van der Waals surface area contributed by atoms with Gasteiger partial charge in [0.25, 0.3) is 0 Å². The van der Waals surface area contributed by atoms with Crippen LogP contribution in [0.15, 0.2) is 28.9 Å². The number of H-pyrrole nitrogens is 1. The zero-order valence-electron chi connectivity index (χ0n) is 13.5. The van der Waals surface area contributed by atoms with E-state index in [0.717, 1.165) is 30.5 Å². The standard InChI is InChI=1S/C19H21BrN2O/c1-3-22(4-2)19(23)12-8-11-9-15-17-13(14(11)10-12)6-5-7-16(17)21-18(15)20/h5-7,10-12,21H,3-4,8-9H2,1-2H3/t11?,12-/m0/s1. The second-order valence-corrected chi connectivity index (χ2v) is 7.31. The second kappa shape index (κ2) is 5.52. The molecular formula is C19H21BrN2O. The Morgan fingerprint density at radius 3 is 2.87 bits per heavy atom. The molecule has 120 valence electrons. The van der Waals surface area contributed by atoms with Gasteiger partial charge in [0.05, 0.1) is 10.5 Å². The van der Waals surface area contributed by atoms with Crippen LogP contribution in [0, 0.1) is 11.8 Å². The molecule has 2 aromatic rings. The Kier molecular flexibility index (Phi) is 3.60. The molecule has 2 aliphatic rings. The maximum atomic E-state index is 12.7. The minimum Gasteiger partial charge on any atom is -0.349 e. The van der Waals surface area contributed by atoms with E-state index in [4.69, 9.17) is 0 Å². The van der Waals surface area contributed by atoms with Gasteiger partial charge in [-0.2, -0.15) is 0 Å². The zero-order chi connectivity index (χ0) is 16.1. The molecule has 1 aromatic heterocycles. The van der Waals surface area contributed by atoms with Crippen molar-refractivity contribution < 1.29 is 4.79 Å². The first-order valence-corrected chi connectivity index (χ1v) is 9.23. The number of allylic oxidation sites excluding steroid dienone is 1. The van der Waals surface area contributed by atoms with Crippen molar-refractivity contribution in [1.82, 2.24) is 9.88 Å². The van der Waals surface area contributed by atoms with Crippen LogP contribution in [0.3, 0.4) is 0 Å². The number of carbonyl (C=O) groups is 1. The highest BCUT2D eigenvalue weighted by Crippen LogP contribution is 2.48. The molecule has 1 amide bonds. The van der Waals surface area contributed by atoms with E-state index in [2.05, 4.69) is 59.0 Å². The smallest absolute Gasteiger partial charge is 0.229 e. The SMILES string of the molecule is CCN(CC)C(=O)[C@@H]1C=C2c3cccc4[nH]c(Br)c(c34)CC2C1. The van der Waals surface area contributed by atoms with Crippen LogP contribution in [-0.2, 0) is 11.2 Å². The first-order chi connectivity index (χ1) is 11.1. The summed E-state index contributed by atoms with van der Waals surface area (Å²) >= 11 is 3.67. The Hall–Kier alpha value is -1.55. The topological polar surface area (TPSA) is 36.1 Å². The van der Waals surface area contributed by atoms with Crippen molar-refractivity contribution in [2.24, 2.45) is 11.8 Å². The van der Waals surface area contributed by atoms with Gasteiger partial charge in [-0.1, -0.05) is 18.2 Å². The summed E-state index contributed by atoms with van der Waals surface area (Å²) in [6, 6.07) is 6.43. The van der Waals surface area contributed by atoms with Gasteiger partial charge < -0.3 is 9.88 Å². The number of aromatic amines is 1. The molecule has 4 rings (SSSR count). The number of nitrogens with zero attached hydrogens (tertiary/aromatic N) is 1. The number of fused-ring (bicyclic) bond motifs is 2. The minimum absolute atomic E-state index is 0.0388. The number of hydrogen-bond acceptors (Lipinski definition) is 1. The molecule has 2 aliphatic carbocycles. The molecule has 1 unspecified atom stereocenters. The summed E-state index contributed by atoms with van der Waals surface area (Å²) in [6.45, 7) is 5.70. The van der Waals surface area contributed by atoms with Crippen LogP contribution in [0.1, 0.15) is 31.4 Å². The molecule has 4 heteroatoms. The number of hydrogen-bond donors (Lipinski definition) is 1. The van der Waals surface area contributed by atoms with Crippen LogP contribution >= 0.6 is 15.9 Å². The van der Waals surface area contributed by atoms with Gasteiger partial charge in [-0.15, -0.1) is 0 Å². The normalized spacial score (nSPS) is 22.1. The first kappa shape index (κ1) is 15.0. The number of carbonyl (C=O) groups excluding carboxylic acids is 1. The molecule has 0 spiro atoms.